The van der Waals surface area contributed by atoms with Crippen LogP contribution in [0.1, 0.15) is 23.2 Å². The zero-order chi connectivity index (χ0) is 17.1. The molecular weight excluding hydrogens is 315 g/mol. The number of methoxy groups -OCH3 is 1. The standard InChI is InChI=1S/C17H15FN2O4/c1-23-16(22)12-4-14(5-12)24-17-19-7-13(8-20-17)10-2-3-11(9-21)15(18)6-10/h2-3,6-9,12,14H,4-5H2,1H3. The normalized spacial score (nSPS) is 19.2. The first kappa shape index (κ1) is 16.0. The quantitative estimate of drug-likeness (QED) is 0.619. The van der Waals surface area contributed by atoms with E-state index in [1.165, 1.54) is 31.6 Å². The van der Waals surface area contributed by atoms with Crippen molar-refractivity contribution in [3.63, 3.8) is 0 Å². The third-order valence-electron chi connectivity index (χ3n) is 3.99. The Morgan fingerprint density at radius 1 is 1.25 bits per heavy atom. The molecule has 1 fully saturated rings. The van der Waals surface area contributed by atoms with Crippen LogP contribution in [0.25, 0.3) is 11.1 Å². The van der Waals surface area contributed by atoms with Crippen molar-refractivity contribution in [2.24, 2.45) is 5.92 Å². The van der Waals surface area contributed by atoms with Crippen molar-refractivity contribution < 1.29 is 23.5 Å². The molecule has 0 amide bonds. The van der Waals surface area contributed by atoms with Crippen LogP contribution < -0.4 is 4.74 Å². The van der Waals surface area contributed by atoms with Crippen LogP contribution in [-0.2, 0) is 9.53 Å². The summed E-state index contributed by atoms with van der Waals surface area (Å²) < 4.78 is 23.9. The van der Waals surface area contributed by atoms with Gasteiger partial charge in [-0.2, -0.15) is 0 Å². The average Bonchev–Trinajstić information content (AvgIpc) is 2.57. The van der Waals surface area contributed by atoms with E-state index in [-0.39, 0.29) is 29.6 Å². The Morgan fingerprint density at radius 2 is 1.96 bits per heavy atom. The summed E-state index contributed by atoms with van der Waals surface area (Å²) in [6, 6.07) is 4.50. The van der Waals surface area contributed by atoms with E-state index in [1.54, 1.807) is 6.07 Å². The summed E-state index contributed by atoms with van der Waals surface area (Å²) in [4.78, 5) is 30.1. The molecule has 3 rings (SSSR count). The van der Waals surface area contributed by atoms with Crippen molar-refractivity contribution in [1.29, 1.82) is 0 Å². The van der Waals surface area contributed by atoms with Gasteiger partial charge in [0.15, 0.2) is 6.29 Å². The van der Waals surface area contributed by atoms with E-state index in [1.807, 2.05) is 0 Å². The van der Waals surface area contributed by atoms with Gasteiger partial charge in [-0.15, -0.1) is 0 Å². The summed E-state index contributed by atoms with van der Waals surface area (Å²) in [5.41, 5.74) is 1.18. The third-order valence-corrected chi connectivity index (χ3v) is 3.99. The highest BCUT2D eigenvalue weighted by Crippen LogP contribution is 2.31. The van der Waals surface area contributed by atoms with E-state index in [0.717, 1.165) is 0 Å². The highest BCUT2D eigenvalue weighted by atomic mass is 19.1. The SMILES string of the molecule is COC(=O)C1CC(Oc2ncc(-c3ccc(C=O)c(F)c3)cn2)C1. The Bertz CT molecular complexity index is 758. The number of hydrogen-bond acceptors (Lipinski definition) is 6. The van der Waals surface area contributed by atoms with Crippen molar-refractivity contribution in [3.05, 3.63) is 42.0 Å². The number of esters is 1. The molecule has 0 atom stereocenters. The van der Waals surface area contributed by atoms with E-state index < -0.39 is 5.82 Å². The fourth-order valence-electron chi connectivity index (χ4n) is 2.50. The first-order chi connectivity index (χ1) is 11.6. The number of nitrogens with zero attached hydrogens (tertiary/aromatic N) is 2. The minimum Gasteiger partial charge on any atom is -0.469 e. The number of carbonyl (C=O) groups excluding carboxylic acids is 2. The average molecular weight is 330 g/mol. The monoisotopic (exact) mass is 330 g/mol. The maximum Gasteiger partial charge on any atom is 0.316 e. The maximum absolute atomic E-state index is 13.6. The zero-order valence-electron chi connectivity index (χ0n) is 12.9. The minimum absolute atomic E-state index is 0.00441. The van der Waals surface area contributed by atoms with Crippen LogP contribution in [0.2, 0.25) is 0 Å². The second-order valence-corrected chi connectivity index (χ2v) is 5.54. The Hall–Kier alpha value is -2.83. The summed E-state index contributed by atoms with van der Waals surface area (Å²) in [5.74, 6) is -0.948. The van der Waals surface area contributed by atoms with Crippen molar-refractivity contribution in [2.45, 2.75) is 18.9 Å². The van der Waals surface area contributed by atoms with Gasteiger partial charge in [0.1, 0.15) is 11.9 Å². The van der Waals surface area contributed by atoms with E-state index in [4.69, 9.17) is 4.74 Å². The molecular formula is C17H15FN2O4. The van der Waals surface area contributed by atoms with Crippen LogP contribution in [0, 0.1) is 11.7 Å². The lowest BCUT2D eigenvalue weighted by Gasteiger charge is -2.32. The second kappa shape index (κ2) is 6.74. The van der Waals surface area contributed by atoms with Crippen LogP contribution in [0.15, 0.2) is 30.6 Å². The number of halogens is 1. The van der Waals surface area contributed by atoms with Crippen molar-refractivity contribution >= 4 is 12.3 Å². The Labute approximate surface area is 137 Å². The molecule has 1 aliphatic carbocycles. The van der Waals surface area contributed by atoms with Gasteiger partial charge in [-0.05, 0) is 30.5 Å². The molecule has 2 aromatic rings. The lowest BCUT2D eigenvalue weighted by Crippen LogP contribution is -2.39. The van der Waals surface area contributed by atoms with E-state index in [2.05, 4.69) is 14.7 Å². The van der Waals surface area contributed by atoms with E-state index in [9.17, 15) is 14.0 Å². The molecule has 24 heavy (non-hydrogen) atoms. The van der Waals surface area contributed by atoms with Crippen LogP contribution in [0.4, 0.5) is 4.39 Å². The first-order valence-electron chi connectivity index (χ1n) is 7.42. The van der Waals surface area contributed by atoms with Crippen LogP contribution >= 0.6 is 0 Å². The van der Waals surface area contributed by atoms with Gasteiger partial charge in [-0.25, -0.2) is 14.4 Å². The molecule has 1 aromatic heterocycles. The number of hydrogen-bond donors (Lipinski definition) is 0. The third kappa shape index (κ3) is 3.24. The number of rotatable bonds is 5. The smallest absolute Gasteiger partial charge is 0.316 e. The summed E-state index contributed by atoms with van der Waals surface area (Å²) in [7, 11) is 1.36. The van der Waals surface area contributed by atoms with Crippen molar-refractivity contribution in [1.82, 2.24) is 9.97 Å². The minimum atomic E-state index is -0.592. The van der Waals surface area contributed by atoms with Gasteiger partial charge in [0.25, 0.3) is 0 Å². The first-order valence-corrected chi connectivity index (χ1v) is 7.42. The van der Waals surface area contributed by atoms with E-state index >= 15 is 0 Å². The molecule has 0 unspecified atom stereocenters. The Morgan fingerprint density at radius 3 is 2.54 bits per heavy atom. The predicted octanol–water partition coefficient (Wildman–Crippen LogP) is 2.43. The molecule has 124 valence electrons. The largest absolute Gasteiger partial charge is 0.469 e. The number of aldehydes is 1. The summed E-state index contributed by atoms with van der Waals surface area (Å²) in [5, 5.41) is 0. The molecule has 0 bridgehead atoms. The number of benzene rings is 1. The van der Waals surface area contributed by atoms with Gasteiger partial charge in [0.05, 0.1) is 18.6 Å². The second-order valence-electron chi connectivity index (χ2n) is 5.54. The topological polar surface area (TPSA) is 78.4 Å². The van der Waals surface area contributed by atoms with Gasteiger partial charge < -0.3 is 9.47 Å². The number of aromatic nitrogens is 2. The zero-order valence-corrected chi connectivity index (χ0v) is 12.9. The van der Waals surface area contributed by atoms with Crippen LogP contribution in [0.3, 0.4) is 0 Å². The van der Waals surface area contributed by atoms with Gasteiger partial charge in [-0.1, -0.05) is 6.07 Å². The molecule has 7 heteroatoms. The molecule has 0 radical (unpaired) electrons. The fourth-order valence-corrected chi connectivity index (χ4v) is 2.50. The molecule has 1 aromatic carbocycles. The molecule has 0 N–H and O–H groups in total. The Balaban J connectivity index is 1.63. The lowest BCUT2D eigenvalue weighted by atomic mass is 9.82. The number of ether oxygens (including phenoxy) is 2. The van der Waals surface area contributed by atoms with Gasteiger partial charge in [0.2, 0.25) is 0 Å². The van der Waals surface area contributed by atoms with Gasteiger partial charge in [0, 0.05) is 18.0 Å². The predicted molar refractivity (Wildman–Crippen MR) is 82.0 cm³/mol. The Kier molecular flexibility index (Phi) is 4.50. The molecule has 0 aliphatic heterocycles. The van der Waals surface area contributed by atoms with Gasteiger partial charge in [-0.3, -0.25) is 9.59 Å². The molecule has 1 aliphatic rings. The molecule has 1 saturated carbocycles. The van der Waals surface area contributed by atoms with Crippen LogP contribution in [0.5, 0.6) is 6.01 Å². The molecule has 1 heterocycles. The summed E-state index contributed by atoms with van der Waals surface area (Å²) in [6.07, 6.45) is 4.56. The lowest BCUT2D eigenvalue weighted by molar-refractivity contribution is -0.151. The summed E-state index contributed by atoms with van der Waals surface area (Å²) in [6.45, 7) is 0. The van der Waals surface area contributed by atoms with Crippen molar-refractivity contribution in [3.8, 4) is 17.1 Å². The highest BCUT2D eigenvalue weighted by Gasteiger charge is 2.37. The summed E-state index contributed by atoms with van der Waals surface area (Å²) >= 11 is 0. The molecule has 0 spiro atoms. The maximum atomic E-state index is 13.6. The van der Waals surface area contributed by atoms with Gasteiger partial charge >= 0.3 is 12.0 Å². The van der Waals surface area contributed by atoms with Crippen LogP contribution in [-0.4, -0.2) is 35.4 Å². The van der Waals surface area contributed by atoms with E-state index in [0.29, 0.717) is 30.3 Å². The number of carbonyl (C=O) groups is 2. The fraction of sp³-hybridized carbons (Fsp3) is 0.294. The van der Waals surface area contributed by atoms with Crippen molar-refractivity contribution in [2.75, 3.05) is 7.11 Å². The highest BCUT2D eigenvalue weighted by molar-refractivity contribution is 5.77. The molecule has 0 saturated heterocycles. The molecule has 6 nitrogen and oxygen atoms in total.